The zero-order valence-electron chi connectivity index (χ0n) is 14.8. The van der Waals surface area contributed by atoms with Gasteiger partial charge in [-0.25, -0.2) is 0 Å². The Morgan fingerprint density at radius 3 is 2.62 bits per heavy atom. The molecular formula is C18H27N3O3. The third-order valence-electron chi connectivity index (χ3n) is 5.94. The number of H-pyrrole nitrogens is 1. The van der Waals surface area contributed by atoms with E-state index in [9.17, 15) is 14.7 Å². The van der Waals surface area contributed by atoms with Crippen molar-refractivity contribution in [2.24, 2.45) is 5.41 Å². The van der Waals surface area contributed by atoms with Gasteiger partial charge in [0.05, 0.1) is 0 Å². The summed E-state index contributed by atoms with van der Waals surface area (Å²) in [5.41, 5.74) is 2.82. The number of aryl methyl sites for hydroxylation is 1. The Kier molecular flexibility index (Phi) is 4.53. The fraction of sp³-hybridized carbons (Fsp3) is 0.667. The van der Waals surface area contributed by atoms with E-state index < -0.39 is 5.97 Å². The molecule has 1 aromatic rings. The molecular weight excluding hydrogens is 306 g/mol. The molecule has 0 bridgehead atoms. The number of aromatic amines is 1. The number of rotatable bonds is 3. The van der Waals surface area contributed by atoms with Gasteiger partial charge in [0.2, 0.25) is 0 Å². The average molecular weight is 333 g/mol. The molecule has 0 unspecified atom stereocenters. The highest BCUT2D eigenvalue weighted by Gasteiger charge is 2.46. The summed E-state index contributed by atoms with van der Waals surface area (Å²) >= 11 is 0. The van der Waals surface area contributed by atoms with Crippen molar-refractivity contribution in [3.63, 3.8) is 0 Å². The molecule has 132 valence electrons. The number of aliphatic carboxylic acids is 1. The van der Waals surface area contributed by atoms with Crippen LogP contribution < -0.4 is 5.43 Å². The van der Waals surface area contributed by atoms with Crippen molar-refractivity contribution in [1.29, 1.82) is 0 Å². The smallest absolute Gasteiger partial charge is 0.320 e. The number of aromatic nitrogens is 1. The number of hydrogen-bond donors (Lipinski definition) is 2. The molecule has 3 rings (SSSR count). The van der Waals surface area contributed by atoms with Gasteiger partial charge in [0.25, 0.3) is 0 Å². The molecule has 2 fully saturated rings. The number of likely N-dealkylation sites (N-methyl/N-ethyl adjacent to an activating group) is 1. The Hall–Kier alpha value is -1.66. The second-order valence-electron chi connectivity index (χ2n) is 7.65. The summed E-state index contributed by atoms with van der Waals surface area (Å²) in [6, 6.07) is -0.341. The van der Waals surface area contributed by atoms with Crippen LogP contribution in [0, 0.1) is 19.3 Å². The molecule has 2 N–H and O–H groups in total. The molecule has 1 aromatic heterocycles. The summed E-state index contributed by atoms with van der Waals surface area (Å²) in [7, 11) is 1.92. The molecule has 1 spiro atoms. The molecule has 2 aliphatic rings. The molecule has 0 amide bonds. The Morgan fingerprint density at radius 1 is 1.38 bits per heavy atom. The number of carbonyl (C=O) groups is 1. The molecule has 6 nitrogen and oxygen atoms in total. The van der Waals surface area contributed by atoms with E-state index in [1.165, 1.54) is 0 Å². The summed E-state index contributed by atoms with van der Waals surface area (Å²) in [5, 5.41) is 9.34. The van der Waals surface area contributed by atoms with Gasteiger partial charge >= 0.3 is 5.97 Å². The standard InChI is InChI=1S/C18H27N3O3/c1-12-9-19-14(13(2)16(12)22)10-21-6-4-18(5-7-21)8-15(17(23)24)20(3)11-18/h9,15H,4-8,10-11H2,1-3H3,(H,19,22)(H,23,24)/t15-/m0/s1. The van der Waals surface area contributed by atoms with E-state index in [2.05, 4.69) is 9.88 Å². The molecule has 0 radical (unpaired) electrons. The first-order valence-corrected chi connectivity index (χ1v) is 8.64. The second kappa shape index (κ2) is 6.33. The topological polar surface area (TPSA) is 76.6 Å². The molecule has 0 aliphatic carbocycles. The third-order valence-corrected chi connectivity index (χ3v) is 5.94. The molecule has 2 saturated heterocycles. The van der Waals surface area contributed by atoms with E-state index in [4.69, 9.17) is 0 Å². The predicted molar refractivity (Wildman–Crippen MR) is 92.2 cm³/mol. The van der Waals surface area contributed by atoms with E-state index in [1.807, 2.05) is 25.8 Å². The highest BCUT2D eigenvalue weighted by Crippen LogP contribution is 2.42. The Morgan fingerprint density at radius 2 is 2.04 bits per heavy atom. The van der Waals surface area contributed by atoms with Crippen LogP contribution in [0.15, 0.2) is 11.0 Å². The van der Waals surface area contributed by atoms with Crippen LogP contribution in [0.5, 0.6) is 0 Å². The van der Waals surface area contributed by atoms with Gasteiger partial charge in [-0.2, -0.15) is 0 Å². The van der Waals surface area contributed by atoms with Crippen LogP contribution in [0.3, 0.4) is 0 Å². The largest absolute Gasteiger partial charge is 0.480 e. The minimum Gasteiger partial charge on any atom is -0.480 e. The van der Waals surface area contributed by atoms with Crippen molar-refractivity contribution in [2.45, 2.75) is 45.7 Å². The number of hydrogen-bond acceptors (Lipinski definition) is 4. The number of likely N-dealkylation sites (tertiary alicyclic amines) is 2. The minimum absolute atomic E-state index is 0.124. The van der Waals surface area contributed by atoms with Gasteiger partial charge in [0.15, 0.2) is 5.43 Å². The van der Waals surface area contributed by atoms with Crippen molar-refractivity contribution in [3.05, 3.63) is 33.2 Å². The first-order valence-electron chi connectivity index (χ1n) is 8.64. The predicted octanol–water partition coefficient (Wildman–Crippen LogP) is 1.36. The summed E-state index contributed by atoms with van der Waals surface area (Å²) in [6.07, 6.45) is 4.60. The number of carboxylic acids is 1. The first-order chi connectivity index (χ1) is 11.3. The highest BCUT2D eigenvalue weighted by molar-refractivity contribution is 5.74. The normalized spacial score (nSPS) is 24.5. The number of pyridine rings is 1. The molecule has 3 heterocycles. The van der Waals surface area contributed by atoms with E-state index in [0.717, 1.165) is 62.3 Å². The summed E-state index contributed by atoms with van der Waals surface area (Å²) in [4.78, 5) is 31.0. The lowest BCUT2D eigenvalue weighted by molar-refractivity contribution is -0.141. The minimum atomic E-state index is -0.704. The average Bonchev–Trinajstić information content (AvgIpc) is 2.87. The highest BCUT2D eigenvalue weighted by atomic mass is 16.4. The van der Waals surface area contributed by atoms with Crippen LogP contribution in [0.25, 0.3) is 0 Å². The van der Waals surface area contributed by atoms with Gasteiger partial charge in [-0.1, -0.05) is 0 Å². The van der Waals surface area contributed by atoms with E-state index in [1.54, 1.807) is 6.20 Å². The van der Waals surface area contributed by atoms with Crippen LogP contribution in [-0.4, -0.2) is 58.6 Å². The number of nitrogens with one attached hydrogen (secondary N) is 1. The van der Waals surface area contributed by atoms with Crippen molar-refractivity contribution < 1.29 is 9.90 Å². The molecule has 24 heavy (non-hydrogen) atoms. The number of piperidine rings is 1. The Balaban J connectivity index is 1.63. The van der Waals surface area contributed by atoms with Crippen LogP contribution in [0.2, 0.25) is 0 Å². The Bertz CT molecular complexity index is 689. The maximum absolute atomic E-state index is 12.1. The van der Waals surface area contributed by atoms with Gasteiger partial charge in [-0.05, 0) is 58.7 Å². The SMILES string of the molecule is Cc1c[nH]c(CN2CCC3(CC2)C[C@@H](C(=O)O)N(C)C3)c(C)c1=O. The van der Waals surface area contributed by atoms with Crippen molar-refractivity contribution in [3.8, 4) is 0 Å². The van der Waals surface area contributed by atoms with Crippen molar-refractivity contribution in [1.82, 2.24) is 14.8 Å². The summed E-state index contributed by atoms with van der Waals surface area (Å²) in [6.45, 7) is 7.25. The quantitative estimate of drug-likeness (QED) is 0.873. The fourth-order valence-corrected chi connectivity index (χ4v) is 4.28. The molecule has 0 saturated carbocycles. The third kappa shape index (κ3) is 3.13. The van der Waals surface area contributed by atoms with Gasteiger partial charge in [-0.15, -0.1) is 0 Å². The summed E-state index contributed by atoms with van der Waals surface area (Å²) < 4.78 is 0. The first kappa shape index (κ1) is 17.2. The monoisotopic (exact) mass is 333 g/mol. The van der Waals surface area contributed by atoms with Gasteiger partial charge in [0.1, 0.15) is 6.04 Å². The van der Waals surface area contributed by atoms with Gasteiger partial charge in [-0.3, -0.25) is 19.4 Å². The van der Waals surface area contributed by atoms with E-state index in [-0.39, 0.29) is 16.9 Å². The maximum Gasteiger partial charge on any atom is 0.320 e. The molecule has 1 atom stereocenters. The van der Waals surface area contributed by atoms with Crippen LogP contribution in [0.1, 0.15) is 36.1 Å². The lowest BCUT2D eigenvalue weighted by atomic mass is 9.76. The zero-order valence-corrected chi connectivity index (χ0v) is 14.8. The number of carboxylic acid groups (broad SMARTS) is 1. The Labute approximate surface area is 142 Å². The lowest BCUT2D eigenvalue weighted by Gasteiger charge is -2.39. The van der Waals surface area contributed by atoms with E-state index >= 15 is 0 Å². The van der Waals surface area contributed by atoms with Crippen molar-refractivity contribution >= 4 is 5.97 Å². The maximum atomic E-state index is 12.1. The molecule has 6 heteroatoms. The van der Waals surface area contributed by atoms with Gasteiger partial charge in [0, 0.05) is 36.1 Å². The van der Waals surface area contributed by atoms with Crippen molar-refractivity contribution in [2.75, 3.05) is 26.7 Å². The van der Waals surface area contributed by atoms with E-state index in [0.29, 0.717) is 0 Å². The lowest BCUT2D eigenvalue weighted by Crippen LogP contribution is -2.41. The van der Waals surface area contributed by atoms with Gasteiger partial charge < -0.3 is 10.1 Å². The van der Waals surface area contributed by atoms with Crippen LogP contribution >= 0.6 is 0 Å². The zero-order chi connectivity index (χ0) is 17.5. The van der Waals surface area contributed by atoms with Crippen LogP contribution in [0.4, 0.5) is 0 Å². The molecule has 2 aliphatic heterocycles. The van der Waals surface area contributed by atoms with Crippen LogP contribution in [-0.2, 0) is 11.3 Å². The summed E-state index contributed by atoms with van der Waals surface area (Å²) in [5.74, 6) is -0.704. The fourth-order valence-electron chi connectivity index (χ4n) is 4.28. The molecule has 0 aromatic carbocycles. The second-order valence-corrected chi connectivity index (χ2v) is 7.65. The number of nitrogens with zero attached hydrogens (tertiary/aromatic N) is 2.